The van der Waals surface area contributed by atoms with Gasteiger partial charge in [-0.1, -0.05) is 13.8 Å². The fourth-order valence-corrected chi connectivity index (χ4v) is 1.29. The van der Waals surface area contributed by atoms with Crippen molar-refractivity contribution in [2.75, 3.05) is 0 Å². The van der Waals surface area contributed by atoms with Crippen molar-refractivity contribution in [3.05, 3.63) is 29.8 Å². The summed E-state index contributed by atoms with van der Waals surface area (Å²) in [6.45, 7) is 4.53. The third-order valence-electron chi connectivity index (χ3n) is 2.40. The van der Waals surface area contributed by atoms with Crippen LogP contribution in [0, 0.1) is 5.92 Å². The van der Waals surface area contributed by atoms with Crippen LogP contribution in [0.25, 0.3) is 0 Å². The molecule has 0 radical (unpaired) electrons. The third kappa shape index (κ3) is 5.63. The summed E-state index contributed by atoms with van der Waals surface area (Å²) in [4.78, 5) is 22.7. The second kappa shape index (κ2) is 7.15. The van der Waals surface area contributed by atoms with Gasteiger partial charge in [0.15, 0.2) is 0 Å². The van der Waals surface area contributed by atoms with E-state index < -0.39 is 36.1 Å². The maximum Gasteiger partial charge on any atom is 0.516 e. The summed E-state index contributed by atoms with van der Waals surface area (Å²) in [6, 6.07) is 3.50. The molecule has 1 unspecified atom stereocenters. The van der Waals surface area contributed by atoms with Gasteiger partial charge >= 0.3 is 18.3 Å². The van der Waals surface area contributed by atoms with E-state index in [1.807, 2.05) is 0 Å². The molecule has 0 saturated carbocycles. The number of ether oxygens (including phenoxy) is 3. The van der Waals surface area contributed by atoms with Crippen LogP contribution in [0.4, 0.5) is 18.0 Å². The Bertz CT molecular complexity index is 522. The number of esters is 1. The standard InChI is InChI=1S/C14H15F3O5/c1-8(2)12(18)20-9(3)21-13(19)22-11-6-4-10(5-7-11)14(15,16)17/h4-9H,1-3H3. The van der Waals surface area contributed by atoms with Gasteiger partial charge in [0.25, 0.3) is 0 Å². The van der Waals surface area contributed by atoms with Gasteiger partial charge in [-0.15, -0.1) is 0 Å². The predicted octanol–water partition coefficient (Wildman–Crippen LogP) is 3.77. The molecular formula is C14H15F3O5. The highest BCUT2D eigenvalue weighted by molar-refractivity contribution is 5.72. The van der Waals surface area contributed by atoms with Crippen LogP contribution in [0.15, 0.2) is 24.3 Å². The molecule has 1 aromatic rings. The van der Waals surface area contributed by atoms with E-state index in [4.69, 9.17) is 4.74 Å². The van der Waals surface area contributed by atoms with Crippen molar-refractivity contribution in [2.24, 2.45) is 5.92 Å². The average molecular weight is 320 g/mol. The molecule has 0 fully saturated rings. The molecule has 0 heterocycles. The van der Waals surface area contributed by atoms with E-state index >= 15 is 0 Å². The van der Waals surface area contributed by atoms with Crippen molar-refractivity contribution >= 4 is 12.1 Å². The number of rotatable bonds is 4. The van der Waals surface area contributed by atoms with Gasteiger partial charge in [-0.25, -0.2) is 4.79 Å². The Morgan fingerprint density at radius 2 is 1.55 bits per heavy atom. The molecule has 5 nitrogen and oxygen atoms in total. The molecule has 1 aromatic carbocycles. The lowest BCUT2D eigenvalue weighted by molar-refractivity contribution is -0.170. The summed E-state index contributed by atoms with van der Waals surface area (Å²) in [5, 5.41) is 0. The Labute approximate surface area is 125 Å². The van der Waals surface area contributed by atoms with Gasteiger partial charge < -0.3 is 14.2 Å². The molecule has 1 rings (SSSR count). The Morgan fingerprint density at radius 1 is 1.00 bits per heavy atom. The van der Waals surface area contributed by atoms with Crippen LogP contribution < -0.4 is 4.74 Å². The van der Waals surface area contributed by atoms with Gasteiger partial charge in [0, 0.05) is 6.92 Å². The van der Waals surface area contributed by atoms with Crippen LogP contribution in [0.5, 0.6) is 5.75 Å². The third-order valence-corrected chi connectivity index (χ3v) is 2.40. The van der Waals surface area contributed by atoms with Crippen LogP contribution in [0.3, 0.4) is 0 Å². The number of halogens is 3. The molecule has 0 aliphatic carbocycles. The number of alkyl halides is 3. The largest absolute Gasteiger partial charge is 0.516 e. The SMILES string of the molecule is CC(OC(=O)Oc1ccc(C(F)(F)F)cc1)OC(=O)C(C)C. The van der Waals surface area contributed by atoms with Crippen molar-refractivity contribution in [2.45, 2.75) is 33.2 Å². The molecule has 0 amide bonds. The van der Waals surface area contributed by atoms with Crippen LogP contribution in [-0.4, -0.2) is 18.4 Å². The Kier molecular flexibility index (Phi) is 5.78. The van der Waals surface area contributed by atoms with E-state index in [2.05, 4.69) is 9.47 Å². The van der Waals surface area contributed by atoms with E-state index in [-0.39, 0.29) is 5.75 Å². The van der Waals surface area contributed by atoms with Crippen LogP contribution >= 0.6 is 0 Å². The summed E-state index contributed by atoms with van der Waals surface area (Å²) in [5.74, 6) is -1.08. The van der Waals surface area contributed by atoms with Gasteiger partial charge in [0.1, 0.15) is 5.75 Å². The quantitative estimate of drug-likeness (QED) is 0.480. The van der Waals surface area contributed by atoms with Gasteiger partial charge in [-0.05, 0) is 24.3 Å². The van der Waals surface area contributed by atoms with Crippen molar-refractivity contribution in [1.82, 2.24) is 0 Å². The minimum absolute atomic E-state index is 0.125. The smallest absolute Gasteiger partial charge is 0.425 e. The first kappa shape index (κ1) is 17.8. The van der Waals surface area contributed by atoms with Crippen molar-refractivity contribution < 1.29 is 37.0 Å². The Balaban J connectivity index is 2.53. The highest BCUT2D eigenvalue weighted by Crippen LogP contribution is 2.30. The fraction of sp³-hybridized carbons (Fsp3) is 0.429. The molecule has 0 spiro atoms. The molecule has 8 heteroatoms. The van der Waals surface area contributed by atoms with Crippen LogP contribution in [0.2, 0.25) is 0 Å². The van der Waals surface area contributed by atoms with Crippen molar-refractivity contribution in [1.29, 1.82) is 0 Å². The summed E-state index contributed by atoms with van der Waals surface area (Å²) >= 11 is 0. The summed E-state index contributed by atoms with van der Waals surface area (Å²) in [7, 11) is 0. The van der Waals surface area contributed by atoms with Crippen LogP contribution in [-0.2, 0) is 20.4 Å². The first-order valence-corrected chi connectivity index (χ1v) is 6.36. The van der Waals surface area contributed by atoms with E-state index in [9.17, 15) is 22.8 Å². The predicted molar refractivity (Wildman–Crippen MR) is 68.9 cm³/mol. The first-order chi connectivity index (χ1) is 10.1. The molecule has 0 saturated heterocycles. The summed E-state index contributed by atoms with van der Waals surface area (Å²) < 4.78 is 51.2. The maximum absolute atomic E-state index is 12.4. The second-order valence-corrected chi connectivity index (χ2v) is 4.65. The lowest BCUT2D eigenvalue weighted by Crippen LogP contribution is -2.25. The lowest BCUT2D eigenvalue weighted by atomic mass is 10.2. The first-order valence-electron chi connectivity index (χ1n) is 6.36. The molecule has 0 N–H and O–H groups in total. The summed E-state index contributed by atoms with van der Waals surface area (Å²) in [6.07, 6.45) is -6.83. The molecule has 22 heavy (non-hydrogen) atoms. The number of carbonyl (C=O) groups is 2. The zero-order chi connectivity index (χ0) is 16.9. The Hall–Kier alpha value is -2.25. The minimum Gasteiger partial charge on any atom is -0.425 e. The van der Waals surface area contributed by atoms with Gasteiger partial charge in [-0.2, -0.15) is 13.2 Å². The minimum atomic E-state index is -4.47. The molecule has 0 aromatic heterocycles. The summed E-state index contributed by atoms with van der Waals surface area (Å²) in [5.41, 5.74) is -0.868. The zero-order valence-corrected chi connectivity index (χ0v) is 12.1. The number of hydrogen-bond donors (Lipinski definition) is 0. The molecule has 0 bridgehead atoms. The van der Waals surface area contributed by atoms with Crippen LogP contribution in [0.1, 0.15) is 26.3 Å². The van der Waals surface area contributed by atoms with Gasteiger partial charge in [-0.3, -0.25) is 4.79 Å². The monoisotopic (exact) mass is 320 g/mol. The van der Waals surface area contributed by atoms with E-state index in [1.54, 1.807) is 13.8 Å². The molecule has 122 valence electrons. The normalized spacial score (nSPS) is 12.7. The van der Waals surface area contributed by atoms with E-state index in [0.717, 1.165) is 24.3 Å². The lowest BCUT2D eigenvalue weighted by Gasteiger charge is -2.15. The number of benzene rings is 1. The molecule has 0 aliphatic heterocycles. The van der Waals surface area contributed by atoms with Gasteiger partial charge in [0.05, 0.1) is 11.5 Å². The van der Waals surface area contributed by atoms with E-state index in [0.29, 0.717) is 0 Å². The molecular weight excluding hydrogens is 305 g/mol. The van der Waals surface area contributed by atoms with Gasteiger partial charge in [0.2, 0.25) is 6.29 Å². The number of carbonyl (C=O) groups excluding carboxylic acids is 2. The van der Waals surface area contributed by atoms with E-state index in [1.165, 1.54) is 6.92 Å². The Morgan fingerprint density at radius 3 is 2.00 bits per heavy atom. The molecule has 1 atom stereocenters. The second-order valence-electron chi connectivity index (χ2n) is 4.65. The van der Waals surface area contributed by atoms with Crippen molar-refractivity contribution in [3.8, 4) is 5.75 Å². The molecule has 0 aliphatic rings. The zero-order valence-electron chi connectivity index (χ0n) is 12.1. The number of hydrogen-bond acceptors (Lipinski definition) is 5. The topological polar surface area (TPSA) is 61.8 Å². The average Bonchev–Trinajstić information content (AvgIpc) is 2.37. The fourth-order valence-electron chi connectivity index (χ4n) is 1.29. The van der Waals surface area contributed by atoms with Crippen molar-refractivity contribution in [3.63, 3.8) is 0 Å². The maximum atomic E-state index is 12.4. The highest BCUT2D eigenvalue weighted by Gasteiger charge is 2.30. The highest BCUT2D eigenvalue weighted by atomic mass is 19.4.